The van der Waals surface area contributed by atoms with Crippen LogP contribution < -0.4 is 5.32 Å². The Morgan fingerprint density at radius 2 is 2.44 bits per heavy atom. The molecule has 0 fully saturated rings. The van der Waals surface area contributed by atoms with Crippen LogP contribution in [0.2, 0.25) is 5.28 Å². The molecule has 0 bridgehead atoms. The molecule has 0 saturated carbocycles. The smallest absolute Gasteiger partial charge is 0.226 e. The lowest BCUT2D eigenvalue weighted by molar-refractivity contribution is 0.852. The third-order valence-electron chi connectivity index (χ3n) is 2.20. The highest BCUT2D eigenvalue weighted by Crippen LogP contribution is 2.20. The monoisotopic (exact) mass is 235 g/mol. The van der Waals surface area contributed by atoms with E-state index < -0.39 is 0 Å². The molecule has 6 heteroatoms. The van der Waals surface area contributed by atoms with Crippen molar-refractivity contribution in [2.24, 2.45) is 0 Å². The van der Waals surface area contributed by atoms with E-state index >= 15 is 0 Å². The molecule has 2 heterocycles. The first kappa shape index (κ1) is 10.7. The molecule has 0 saturated heterocycles. The van der Waals surface area contributed by atoms with Gasteiger partial charge in [0.25, 0.3) is 0 Å². The lowest BCUT2D eigenvalue weighted by Gasteiger charge is -2.11. The van der Waals surface area contributed by atoms with Crippen LogP contribution in [0.25, 0.3) is 11.0 Å². The summed E-state index contributed by atoms with van der Waals surface area (Å²) in [4.78, 5) is 8.10. The van der Waals surface area contributed by atoms with Gasteiger partial charge < -0.3 is 5.32 Å². The average molecular weight is 236 g/mol. The van der Waals surface area contributed by atoms with E-state index in [9.17, 15) is 0 Å². The molecule has 2 rings (SSSR count). The molecule has 2 aromatic heterocycles. The minimum Gasteiger partial charge on any atom is -0.356 e. The number of hydrogen-bond acceptors (Lipinski definition) is 4. The van der Waals surface area contributed by atoms with Crippen molar-refractivity contribution >= 4 is 28.5 Å². The molecule has 5 nitrogen and oxygen atoms in total. The number of rotatable bonds is 3. The van der Waals surface area contributed by atoms with Crippen LogP contribution >= 0.6 is 11.6 Å². The number of aromatic nitrogens is 4. The Hall–Kier alpha value is -1.80. The SMILES string of the molecule is C#CC(CC)Nc1nc(Cl)nc2[nH]ncc12. The second-order valence-corrected chi connectivity index (χ2v) is 3.58. The molecule has 1 atom stereocenters. The van der Waals surface area contributed by atoms with E-state index in [0.29, 0.717) is 11.5 Å². The van der Waals surface area contributed by atoms with E-state index in [1.54, 1.807) is 6.20 Å². The van der Waals surface area contributed by atoms with Crippen molar-refractivity contribution in [3.05, 3.63) is 11.5 Å². The van der Waals surface area contributed by atoms with Gasteiger partial charge in [0.15, 0.2) is 5.65 Å². The van der Waals surface area contributed by atoms with Gasteiger partial charge in [0.05, 0.1) is 17.6 Å². The number of fused-ring (bicyclic) bond motifs is 1. The number of aromatic amines is 1. The van der Waals surface area contributed by atoms with E-state index in [2.05, 4.69) is 31.4 Å². The number of nitrogens with zero attached hydrogens (tertiary/aromatic N) is 3. The molecular formula is C10H10ClN5. The van der Waals surface area contributed by atoms with Gasteiger partial charge in [-0.15, -0.1) is 6.42 Å². The molecular weight excluding hydrogens is 226 g/mol. The molecule has 0 amide bonds. The van der Waals surface area contributed by atoms with E-state index in [-0.39, 0.29) is 11.3 Å². The van der Waals surface area contributed by atoms with Crippen molar-refractivity contribution in [1.82, 2.24) is 20.2 Å². The van der Waals surface area contributed by atoms with Crippen molar-refractivity contribution in [2.75, 3.05) is 5.32 Å². The summed E-state index contributed by atoms with van der Waals surface area (Å²) in [5.41, 5.74) is 0.592. The Morgan fingerprint density at radius 1 is 1.62 bits per heavy atom. The van der Waals surface area contributed by atoms with Gasteiger partial charge in [0, 0.05) is 0 Å². The van der Waals surface area contributed by atoms with Gasteiger partial charge in [-0.25, -0.2) is 0 Å². The minimum atomic E-state index is -0.0796. The molecule has 1 unspecified atom stereocenters. The lowest BCUT2D eigenvalue weighted by Crippen LogP contribution is -2.17. The summed E-state index contributed by atoms with van der Waals surface area (Å²) in [6.45, 7) is 1.99. The fraction of sp³-hybridized carbons (Fsp3) is 0.300. The summed E-state index contributed by atoms with van der Waals surface area (Å²) < 4.78 is 0. The van der Waals surface area contributed by atoms with Gasteiger partial charge >= 0.3 is 0 Å². The minimum absolute atomic E-state index is 0.0796. The Labute approximate surface area is 97.6 Å². The fourth-order valence-corrected chi connectivity index (χ4v) is 1.51. The van der Waals surface area contributed by atoms with Crippen molar-refractivity contribution in [2.45, 2.75) is 19.4 Å². The number of hydrogen-bond donors (Lipinski definition) is 2. The zero-order chi connectivity index (χ0) is 11.5. The van der Waals surface area contributed by atoms with Crippen LogP contribution in [-0.2, 0) is 0 Å². The predicted octanol–water partition coefficient (Wildman–Crippen LogP) is 1.83. The Morgan fingerprint density at radius 3 is 3.12 bits per heavy atom. The average Bonchev–Trinajstić information content (AvgIpc) is 2.73. The summed E-state index contributed by atoms with van der Waals surface area (Å²) in [5.74, 6) is 3.24. The molecule has 82 valence electrons. The molecule has 0 aliphatic rings. The summed E-state index contributed by atoms with van der Waals surface area (Å²) in [5, 5.41) is 10.7. The fourth-order valence-electron chi connectivity index (χ4n) is 1.34. The first-order valence-corrected chi connectivity index (χ1v) is 5.21. The van der Waals surface area contributed by atoms with Crippen molar-refractivity contribution in [3.8, 4) is 12.3 Å². The zero-order valence-corrected chi connectivity index (χ0v) is 9.41. The molecule has 16 heavy (non-hydrogen) atoms. The first-order valence-electron chi connectivity index (χ1n) is 4.84. The van der Waals surface area contributed by atoms with Crippen LogP contribution in [-0.4, -0.2) is 26.2 Å². The standard InChI is InChI=1S/C10H10ClN5/c1-3-6(4-2)13-8-7-5-12-16-9(7)15-10(11)14-8/h1,5-6H,4H2,2H3,(H2,12,13,14,15,16). The predicted molar refractivity (Wildman–Crippen MR) is 63.2 cm³/mol. The number of terminal acetylenes is 1. The van der Waals surface area contributed by atoms with Gasteiger partial charge in [0.2, 0.25) is 5.28 Å². The van der Waals surface area contributed by atoms with Crippen LogP contribution in [0, 0.1) is 12.3 Å². The second-order valence-electron chi connectivity index (χ2n) is 3.25. The summed E-state index contributed by atoms with van der Waals surface area (Å²) in [6.07, 6.45) is 7.82. The molecule has 0 aromatic carbocycles. The van der Waals surface area contributed by atoms with Crippen LogP contribution in [0.3, 0.4) is 0 Å². The maximum absolute atomic E-state index is 5.79. The molecule has 0 aliphatic heterocycles. The van der Waals surface area contributed by atoms with Crippen LogP contribution in [0.1, 0.15) is 13.3 Å². The maximum atomic E-state index is 5.79. The highest BCUT2D eigenvalue weighted by molar-refractivity contribution is 6.28. The van der Waals surface area contributed by atoms with Crippen molar-refractivity contribution in [3.63, 3.8) is 0 Å². The Kier molecular flexibility index (Phi) is 2.93. The normalized spacial score (nSPS) is 12.3. The number of halogens is 1. The van der Waals surface area contributed by atoms with E-state index in [1.807, 2.05) is 6.92 Å². The molecule has 0 spiro atoms. The van der Waals surface area contributed by atoms with Crippen molar-refractivity contribution in [1.29, 1.82) is 0 Å². The largest absolute Gasteiger partial charge is 0.356 e. The zero-order valence-electron chi connectivity index (χ0n) is 8.66. The molecule has 0 aliphatic carbocycles. The Bertz CT molecular complexity index is 542. The van der Waals surface area contributed by atoms with Gasteiger partial charge in [-0.1, -0.05) is 12.8 Å². The molecule has 2 aromatic rings. The maximum Gasteiger partial charge on any atom is 0.226 e. The second kappa shape index (κ2) is 4.37. The van der Waals surface area contributed by atoms with E-state index in [0.717, 1.165) is 11.8 Å². The van der Waals surface area contributed by atoms with Crippen LogP contribution in [0.5, 0.6) is 0 Å². The highest BCUT2D eigenvalue weighted by atomic mass is 35.5. The van der Waals surface area contributed by atoms with E-state index in [4.69, 9.17) is 18.0 Å². The lowest BCUT2D eigenvalue weighted by atomic mass is 10.2. The summed E-state index contributed by atoms with van der Waals surface area (Å²) in [6, 6.07) is -0.0796. The molecule has 2 N–H and O–H groups in total. The third-order valence-corrected chi connectivity index (χ3v) is 2.37. The van der Waals surface area contributed by atoms with Gasteiger partial charge in [0.1, 0.15) is 5.82 Å². The van der Waals surface area contributed by atoms with Crippen molar-refractivity contribution < 1.29 is 0 Å². The summed E-state index contributed by atoms with van der Waals surface area (Å²) >= 11 is 5.79. The van der Waals surface area contributed by atoms with Crippen LogP contribution in [0.4, 0.5) is 5.82 Å². The van der Waals surface area contributed by atoms with Gasteiger partial charge in [-0.05, 0) is 18.0 Å². The van der Waals surface area contributed by atoms with Crippen LogP contribution in [0.15, 0.2) is 6.20 Å². The van der Waals surface area contributed by atoms with E-state index in [1.165, 1.54) is 0 Å². The number of H-pyrrole nitrogens is 1. The van der Waals surface area contributed by atoms with Gasteiger partial charge in [-0.3, -0.25) is 5.10 Å². The quantitative estimate of drug-likeness (QED) is 0.629. The number of nitrogens with one attached hydrogen (secondary N) is 2. The Balaban J connectivity index is 2.43. The topological polar surface area (TPSA) is 66.5 Å². The third kappa shape index (κ3) is 1.92. The highest BCUT2D eigenvalue weighted by Gasteiger charge is 2.10. The number of anilines is 1. The molecule has 0 radical (unpaired) electrons. The first-order chi connectivity index (χ1) is 7.74. The van der Waals surface area contributed by atoms with Gasteiger partial charge in [-0.2, -0.15) is 15.1 Å². The summed E-state index contributed by atoms with van der Waals surface area (Å²) in [7, 11) is 0.